The van der Waals surface area contributed by atoms with E-state index in [1.54, 1.807) is 7.11 Å². The monoisotopic (exact) mass is 265 g/mol. The second kappa shape index (κ2) is 5.40. The molecule has 0 aliphatic carbocycles. The van der Waals surface area contributed by atoms with E-state index >= 15 is 0 Å². The van der Waals surface area contributed by atoms with Gasteiger partial charge in [-0.05, 0) is 48.7 Å². The molecule has 96 valence electrons. The topological polar surface area (TPSA) is 39.9 Å². The van der Waals surface area contributed by atoms with Crippen molar-refractivity contribution in [3.05, 3.63) is 34.9 Å². The molecule has 0 saturated heterocycles. The van der Waals surface area contributed by atoms with Crippen LogP contribution >= 0.6 is 11.6 Å². The lowest BCUT2D eigenvalue weighted by Crippen LogP contribution is -2.03. The number of hydrogen-bond acceptors (Lipinski definition) is 3. The van der Waals surface area contributed by atoms with Crippen molar-refractivity contribution in [2.24, 2.45) is 0 Å². The third kappa shape index (κ3) is 2.34. The molecule has 0 spiro atoms. The molecular weight excluding hydrogens is 250 g/mol. The van der Waals surface area contributed by atoms with Gasteiger partial charge in [0.05, 0.1) is 12.8 Å². The van der Waals surface area contributed by atoms with Crippen molar-refractivity contribution in [3.63, 3.8) is 0 Å². The van der Waals surface area contributed by atoms with Gasteiger partial charge in [0.1, 0.15) is 11.6 Å². The maximum Gasteiger partial charge on any atom is 0.229 e. The molecule has 0 radical (unpaired) electrons. The quantitative estimate of drug-likeness (QED) is 0.852. The highest BCUT2D eigenvalue weighted by molar-refractivity contribution is 6.28. The molecule has 2 aromatic rings. The second-order valence-corrected chi connectivity index (χ2v) is 4.46. The number of rotatable bonds is 4. The van der Waals surface area contributed by atoms with Crippen LogP contribution in [-0.4, -0.2) is 21.9 Å². The van der Waals surface area contributed by atoms with Crippen LogP contribution in [0.4, 0.5) is 0 Å². The predicted octanol–water partition coefficient (Wildman–Crippen LogP) is 3.19. The molecule has 18 heavy (non-hydrogen) atoms. The van der Waals surface area contributed by atoms with Crippen LogP contribution in [-0.2, 0) is 6.42 Å². The average molecular weight is 266 g/mol. The van der Waals surface area contributed by atoms with E-state index in [2.05, 4.69) is 17.1 Å². The van der Waals surface area contributed by atoms with Crippen LogP contribution in [0, 0.1) is 6.92 Å². The van der Waals surface area contributed by atoms with Crippen molar-refractivity contribution in [3.8, 4) is 11.4 Å². The summed E-state index contributed by atoms with van der Waals surface area (Å²) in [6, 6.07) is 5.86. The Morgan fingerprint density at radius 2 is 2.11 bits per heavy atom. The highest BCUT2D eigenvalue weighted by atomic mass is 35.5. The first-order chi connectivity index (χ1) is 8.67. The van der Waals surface area contributed by atoms with Gasteiger partial charge in [-0.15, -0.1) is 10.2 Å². The Balaban J connectivity index is 2.51. The third-order valence-electron chi connectivity index (χ3n) is 2.81. The van der Waals surface area contributed by atoms with Gasteiger partial charge in [-0.3, -0.25) is 4.57 Å². The van der Waals surface area contributed by atoms with Crippen molar-refractivity contribution in [2.75, 3.05) is 7.11 Å². The van der Waals surface area contributed by atoms with E-state index in [-0.39, 0.29) is 0 Å². The molecule has 0 unspecified atom stereocenters. The summed E-state index contributed by atoms with van der Waals surface area (Å²) in [6.07, 6.45) is 1.86. The molecule has 2 rings (SSSR count). The summed E-state index contributed by atoms with van der Waals surface area (Å²) < 4.78 is 7.09. The van der Waals surface area contributed by atoms with Crippen LogP contribution in [0.15, 0.2) is 18.2 Å². The van der Waals surface area contributed by atoms with Gasteiger partial charge < -0.3 is 4.74 Å². The Kier molecular flexibility index (Phi) is 3.87. The maximum atomic E-state index is 6.12. The summed E-state index contributed by atoms with van der Waals surface area (Å²) in [5, 5.41) is 8.45. The molecule has 1 heterocycles. The Morgan fingerprint density at radius 3 is 2.72 bits per heavy atom. The first-order valence-electron chi connectivity index (χ1n) is 5.92. The van der Waals surface area contributed by atoms with Gasteiger partial charge in [0.15, 0.2) is 0 Å². The molecule has 0 saturated carbocycles. The van der Waals surface area contributed by atoms with Crippen molar-refractivity contribution in [1.29, 1.82) is 0 Å². The minimum absolute atomic E-state index is 0.395. The molecule has 1 aromatic carbocycles. The largest absolute Gasteiger partial charge is 0.497 e. The zero-order valence-electron chi connectivity index (χ0n) is 10.8. The first-order valence-corrected chi connectivity index (χ1v) is 6.30. The summed E-state index contributed by atoms with van der Waals surface area (Å²) in [4.78, 5) is 0. The minimum Gasteiger partial charge on any atom is -0.497 e. The molecule has 5 heteroatoms. The molecule has 0 fully saturated rings. The number of ether oxygens (including phenoxy) is 1. The number of benzene rings is 1. The standard InChI is InChI=1S/C13H16ClN3O/c1-4-5-12-15-16-13(14)17(12)11-7-6-10(18-3)8-9(11)2/h6-8H,4-5H2,1-3H3. The molecule has 0 bridgehead atoms. The fourth-order valence-corrected chi connectivity index (χ4v) is 2.15. The van der Waals surface area contributed by atoms with Crippen molar-refractivity contribution in [2.45, 2.75) is 26.7 Å². The smallest absolute Gasteiger partial charge is 0.229 e. The SMILES string of the molecule is CCCc1nnc(Cl)n1-c1ccc(OC)cc1C. The maximum absolute atomic E-state index is 6.12. The molecule has 4 nitrogen and oxygen atoms in total. The zero-order chi connectivity index (χ0) is 13.1. The molecule has 0 aliphatic heterocycles. The van der Waals surface area contributed by atoms with E-state index < -0.39 is 0 Å². The highest BCUT2D eigenvalue weighted by Gasteiger charge is 2.13. The van der Waals surface area contributed by atoms with Gasteiger partial charge in [0, 0.05) is 6.42 Å². The van der Waals surface area contributed by atoms with Gasteiger partial charge in [-0.1, -0.05) is 6.92 Å². The third-order valence-corrected chi connectivity index (χ3v) is 3.05. The number of nitrogens with zero attached hydrogens (tertiary/aromatic N) is 3. The van der Waals surface area contributed by atoms with E-state index in [9.17, 15) is 0 Å². The molecular formula is C13H16ClN3O. The van der Waals surface area contributed by atoms with Crippen LogP contribution in [0.2, 0.25) is 5.28 Å². The average Bonchev–Trinajstić information content (AvgIpc) is 2.71. The fraction of sp³-hybridized carbons (Fsp3) is 0.385. The van der Waals surface area contributed by atoms with Crippen molar-refractivity contribution < 1.29 is 4.74 Å². The highest BCUT2D eigenvalue weighted by Crippen LogP contribution is 2.24. The van der Waals surface area contributed by atoms with E-state index in [4.69, 9.17) is 16.3 Å². The molecule has 0 amide bonds. The summed E-state index contributed by atoms with van der Waals surface area (Å²) >= 11 is 6.12. The molecule has 1 aromatic heterocycles. The lowest BCUT2D eigenvalue weighted by molar-refractivity contribution is 0.414. The Bertz CT molecular complexity index is 551. The van der Waals surface area contributed by atoms with E-state index in [1.807, 2.05) is 29.7 Å². The minimum atomic E-state index is 0.395. The van der Waals surface area contributed by atoms with Crippen LogP contribution in [0.1, 0.15) is 24.7 Å². The first kappa shape index (κ1) is 12.9. The summed E-state index contributed by atoms with van der Waals surface area (Å²) in [5.74, 6) is 1.72. The van der Waals surface area contributed by atoms with Crippen LogP contribution in [0.25, 0.3) is 5.69 Å². The summed E-state index contributed by atoms with van der Waals surface area (Å²) in [7, 11) is 1.66. The van der Waals surface area contributed by atoms with Crippen LogP contribution < -0.4 is 4.74 Å². The van der Waals surface area contributed by atoms with Gasteiger partial charge in [0.2, 0.25) is 5.28 Å². The lowest BCUT2D eigenvalue weighted by atomic mass is 10.2. The number of halogens is 1. The normalized spacial score (nSPS) is 10.7. The van der Waals surface area contributed by atoms with Crippen molar-refractivity contribution in [1.82, 2.24) is 14.8 Å². The number of aromatic nitrogens is 3. The lowest BCUT2D eigenvalue weighted by Gasteiger charge is -2.11. The number of methoxy groups -OCH3 is 1. The Hall–Kier alpha value is -1.55. The molecule has 0 N–H and O–H groups in total. The predicted molar refractivity (Wildman–Crippen MR) is 71.7 cm³/mol. The van der Waals surface area contributed by atoms with Crippen LogP contribution in [0.3, 0.4) is 0 Å². The molecule has 0 atom stereocenters. The summed E-state index contributed by atoms with van der Waals surface area (Å²) in [6.45, 7) is 4.12. The van der Waals surface area contributed by atoms with Gasteiger partial charge in [-0.25, -0.2) is 0 Å². The Morgan fingerprint density at radius 1 is 1.33 bits per heavy atom. The summed E-state index contributed by atoms with van der Waals surface area (Å²) in [5.41, 5.74) is 2.07. The zero-order valence-corrected chi connectivity index (χ0v) is 11.5. The van der Waals surface area contributed by atoms with E-state index in [1.165, 1.54) is 0 Å². The number of hydrogen-bond donors (Lipinski definition) is 0. The van der Waals surface area contributed by atoms with Gasteiger partial charge >= 0.3 is 0 Å². The van der Waals surface area contributed by atoms with Gasteiger partial charge in [0.25, 0.3) is 0 Å². The fourth-order valence-electron chi connectivity index (χ4n) is 1.92. The number of aryl methyl sites for hydroxylation is 2. The van der Waals surface area contributed by atoms with E-state index in [0.29, 0.717) is 5.28 Å². The Labute approximate surface area is 112 Å². The molecule has 0 aliphatic rings. The van der Waals surface area contributed by atoms with Crippen LogP contribution in [0.5, 0.6) is 5.75 Å². The van der Waals surface area contributed by atoms with Crippen molar-refractivity contribution >= 4 is 11.6 Å². The second-order valence-electron chi connectivity index (χ2n) is 4.12. The van der Waals surface area contributed by atoms with Gasteiger partial charge in [-0.2, -0.15) is 0 Å². The van der Waals surface area contributed by atoms with E-state index in [0.717, 1.165) is 35.7 Å².